The highest BCUT2D eigenvalue weighted by Gasteiger charge is 2.49. The van der Waals surface area contributed by atoms with Crippen LogP contribution in [0.15, 0.2) is 12.4 Å². The summed E-state index contributed by atoms with van der Waals surface area (Å²) in [6, 6.07) is -0.0329. The fraction of sp³-hybridized carbons (Fsp3) is 0.615. The minimum absolute atomic E-state index is 0.00348. The molecule has 2 bridgehead atoms. The van der Waals surface area contributed by atoms with Crippen molar-refractivity contribution in [1.29, 1.82) is 0 Å². The van der Waals surface area contributed by atoms with Gasteiger partial charge in [-0.15, -0.1) is 0 Å². The maximum Gasteiger partial charge on any atom is 0.239 e. The van der Waals surface area contributed by atoms with Crippen molar-refractivity contribution in [2.45, 2.75) is 31.8 Å². The van der Waals surface area contributed by atoms with Gasteiger partial charge in [-0.1, -0.05) is 0 Å². The molecule has 0 radical (unpaired) electrons. The van der Waals surface area contributed by atoms with Crippen LogP contribution in [0.1, 0.15) is 19.3 Å². The van der Waals surface area contributed by atoms with Gasteiger partial charge in [0.25, 0.3) is 0 Å². The third kappa shape index (κ3) is 2.29. The van der Waals surface area contributed by atoms with E-state index in [1.165, 1.54) is 10.9 Å². The van der Waals surface area contributed by atoms with Crippen LogP contribution in [0.5, 0.6) is 0 Å². The second kappa shape index (κ2) is 4.90. The van der Waals surface area contributed by atoms with E-state index in [1.807, 2.05) is 0 Å². The molecule has 4 atom stereocenters. The minimum Gasteiger partial charge on any atom is -0.368 e. The number of primary amides is 1. The van der Waals surface area contributed by atoms with Crippen molar-refractivity contribution in [3.8, 4) is 0 Å². The Bertz CT molecular complexity index is 539. The predicted molar refractivity (Wildman–Crippen MR) is 72.3 cm³/mol. The van der Waals surface area contributed by atoms with E-state index in [2.05, 4.69) is 10.4 Å². The van der Waals surface area contributed by atoms with E-state index in [1.54, 1.807) is 6.20 Å². The van der Waals surface area contributed by atoms with Crippen LogP contribution in [0, 0.1) is 17.8 Å². The molecule has 2 amide bonds. The molecule has 5 N–H and O–H groups in total. The van der Waals surface area contributed by atoms with Crippen LogP contribution in [-0.4, -0.2) is 27.6 Å². The summed E-state index contributed by atoms with van der Waals surface area (Å²) >= 11 is 0. The Kier molecular flexibility index (Phi) is 3.21. The molecule has 1 aromatic heterocycles. The lowest BCUT2D eigenvalue weighted by Gasteiger charge is -2.26. The van der Waals surface area contributed by atoms with E-state index in [9.17, 15) is 9.59 Å². The fourth-order valence-corrected chi connectivity index (χ4v) is 3.62. The lowest BCUT2D eigenvalue weighted by molar-refractivity contribution is -0.122. The number of nitrogens with two attached hydrogens (primary N) is 2. The van der Waals surface area contributed by atoms with Crippen LogP contribution in [0.4, 0.5) is 5.69 Å². The van der Waals surface area contributed by atoms with Gasteiger partial charge >= 0.3 is 0 Å². The summed E-state index contributed by atoms with van der Waals surface area (Å²) in [5.41, 5.74) is 11.8. The molecule has 0 aromatic carbocycles. The fourth-order valence-electron chi connectivity index (χ4n) is 3.62. The van der Waals surface area contributed by atoms with Crippen molar-refractivity contribution in [2.75, 3.05) is 5.32 Å². The highest BCUT2D eigenvalue weighted by molar-refractivity contribution is 5.93. The van der Waals surface area contributed by atoms with E-state index < -0.39 is 5.91 Å². The first kappa shape index (κ1) is 13.1. The van der Waals surface area contributed by atoms with Crippen LogP contribution in [0.2, 0.25) is 0 Å². The van der Waals surface area contributed by atoms with Gasteiger partial charge in [0, 0.05) is 12.2 Å². The Hall–Kier alpha value is -1.89. The molecule has 2 fully saturated rings. The van der Waals surface area contributed by atoms with Gasteiger partial charge in [0.1, 0.15) is 6.54 Å². The van der Waals surface area contributed by atoms with Crippen molar-refractivity contribution >= 4 is 17.5 Å². The summed E-state index contributed by atoms with van der Waals surface area (Å²) < 4.78 is 1.40. The van der Waals surface area contributed by atoms with Gasteiger partial charge in [-0.2, -0.15) is 5.10 Å². The standard InChI is InChI=1S/C13H19N5O2/c14-10(19)6-18-5-9(4-16-18)17-13(20)11-7-1-2-8(3-7)12(11)15/h4-5,7-8,11-12H,1-3,6,15H2,(H2,14,19)(H,17,20). The number of rotatable bonds is 4. The molecule has 3 rings (SSSR count). The van der Waals surface area contributed by atoms with Gasteiger partial charge in [0.2, 0.25) is 11.8 Å². The Morgan fingerprint density at radius 2 is 2.15 bits per heavy atom. The van der Waals surface area contributed by atoms with Gasteiger partial charge in [0.15, 0.2) is 0 Å². The molecular formula is C13H19N5O2. The van der Waals surface area contributed by atoms with Crippen molar-refractivity contribution in [1.82, 2.24) is 9.78 Å². The molecule has 2 aliphatic carbocycles. The van der Waals surface area contributed by atoms with Gasteiger partial charge in [-0.3, -0.25) is 14.3 Å². The maximum absolute atomic E-state index is 12.3. The van der Waals surface area contributed by atoms with Crippen LogP contribution < -0.4 is 16.8 Å². The highest BCUT2D eigenvalue weighted by Crippen LogP contribution is 2.47. The topological polar surface area (TPSA) is 116 Å². The Morgan fingerprint density at radius 1 is 1.40 bits per heavy atom. The largest absolute Gasteiger partial charge is 0.368 e. The van der Waals surface area contributed by atoms with Crippen molar-refractivity contribution in [3.05, 3.63) is 12.4 Å². The van der Waals surface area contributed by atoms with Gasteiger partial charge in [0.05, 0.1) is 17.8 Å². The average molecular weight is 277 g/mol. The zero-order valence-corrected chi connectivity index (χ0v) is 11.2. The number of hydrogen-bond donors (Lipinski definition) is 3. The summed E-state index contributed by atoms with van der Waals surface area (Å²) in [7, 11) is 0. The molecule has 1 heterocycles. The summed E-state index contributed by atoms with van der Waals surface area (Å²) in [5, 5.41) is 6.81. The molecule has 2 aliphatic rings. The van der Waals surface area contributed by atoms with E-state index in [4.69, 9.17) is 11.5 Å². The van der Waals surface area contributed by atoms with Gasteiger partial charge < -0.3 is 16.8 Å². The number of amides is 2. The third-order valence-electron chi connectivity index (χ3n) is 4.50. The number of carbonyl (C=O) groups excluding carboxylic acids is 2. The molecule has 0 spiro atoms. The molecule has 108 valence electrons. The van der Waals surface area contributed by atoms with Crippen LogP contribution in [0.3, 0.4) is 0 Å². The molecule has 0 saturated heterocycles. The first-order valence-corrected chi connectivity index (χ1v) is 6.92. The number of aromatic nitrogens is 2. The minimum atomic E-state index is -0.471. The Labute approximate surface area is 116 Å². The second-order valence-electron chi connectivity index (χ2n) is 5.82. The van der Waals surface area contributed by atoms with Gasteiger partial charge in [-0.05, 0) is 31.1 Å². The molecular weight excluding hydrogens is 258 g/mol. The van der Waals surface area contributed by atoms with E-state index in [-0.39, 0.29) is 24.4 Å². The second-order valence-corrected chi connectivity index (χ2v) is 5.82. The number of carbonyl (C=O) groups is 2. The smallest absolute Gasteiger partial charge is 0.239 e. The molecule has 4 unspecified atom stereocenters. The molecule has 20 heavy (non-hydrogen) atoms. The maximum atomic E-state index is 12.3. The summed E-state index contributed by atoms with van der Waals surface area (Å²) in [6.45, 7) is 0.00348. The van der Waals surface area contributed by atoms with Crippen molar-refractivity contribution < 1.29 is 9.59 Å². The van der Waals surface area contributed by atoms with E-state index in [0.717, 1.165) is 19.3 Å². The SMILES string of the molecule is NC(=O)Cn1cc(NC(=O)C2C3CCC(C3)C2N)cn1. The number of fused-ring (bicyclic) bond motifs is 2. The van der Waals surface area contributed by atoms with Crippen molar-refractivity contribution in [2.24, 2.45) is 29.2 Å². The number of hydrogen-bond acceptors (Lipinski definition) is 4. The molecule has 0 aliphatic heterocycles. The first-order chi connectivity index (χ1) is 9.54. The third-order valence-corrected chi connectivity index (χ3v) is 4.50. The molecule has 1 aromatic rings. The zero-order valence-electron chi connectivity index (χ0n) is 11.2. The normalized spacial score (nSPS) is 31.4. The lowest BCUT2D eigenvalue weighted by Crippen LogP contribution is -2.42. The quantitative estimate of drug-likeness (QED) is 0.699. The predicted octanol–water partition coefficient (Wildman–Crippen LogP) is -0.320. The number of anilines is 1. The molecule has 2 saturated carbocycles. The molecule has 7 nitrogen and oxygen atoms in total. The Morgan fingerprint density at radius 3 is 2.80 bits per heavy atom. The Balaban J connectivity index is 1.64. The first-order valence-electron chi connectivity index (χ1n) is 6.92. The summed E-state index contributed by atoms with van der Waals surface area (Å²) in [6.07, 6.45) is 6.42. The van der Waals surface area contributed by atoms with Gasteiger partial charge in [-0.25, -0.2) is 0 Å². The van der Waals surface area contributed by atoms with E-state index >= 15 is 0 Å². The summed E-state index contributed by atoms with van der Waals surface area (Å²) in [5.74, 6) is 0.293. The highest BCUT2D eigenvalue weighted by atomic mass is 16.2. The average Bonchev–Trinajstić information content (AvgIpc) is 3.04. The van der Waals surface area contributed by atoms with Crippen LogP contribution >= 0.6 is 0 Å². The number of nitrogens with zero attached hydrogens (tertiary/aromatic N) is 2. The summed E-state index contributed by atoms with van der Waals surface area (Å²) in [4.78, 5) is 23.1. The van der Waals surface area contributed by atoms with Crippen molar-refractivity contribution in [3.63, 3.8) is 0 Å². The monoisotopic (exact) mass is 277 g/mol. The zero-order chi connectivity index (χ0) is 14.3. The number of nitrogens with one attached hydrogen (secondary N) is 1. The lowest BCUT2D eigenvalue weighted by atomic mass is 9.84. The molecule has 7 heteroatoms. The van der Waals surface area contributed by atoms with Crippen LogP contribution in [0.25, 0.3) is 0 Å². The van der Waals surface area contributed by atoms with Crippen LogP contribution in [-0.2, 0) is 16.1 Å². The van der Waals surface area contributed by atoms with E-state index in [0.29, 0.717) is 17.5 Å².